The molecule has 3 aromatic rings. The topological polar surface area (TPSA) is 105 Å². The molecule has 1 aliphatic rings. The number of amides is 1. The molecular formula is C23H20BrClN4O4. The molecule has 0 radical (unpaired) electrons. The molecule has 0 saturated carbocycles. The smallest absolute Gasteiger partial charge is 0.303 e. The zero-order chi connectivity index (χ0) is 23.5. The quantitative estimate of drug-likeness (QED) is 0.431. The number of ether oxygens (including phenoxy) is 1. The van der Waals surface area contributed by atoms with Crippen molar-refractivity contribution in [3.05, 3.63) is 63.5 Å². The third-order valence-electron chi connectivity index (χ3n) is 5.22. The van der Waals surface area contributed by atoms with Gasteiger partial charge < -0.3 is 9.84 Å². The molecule has 4 rings (SSSR count). The van der Waals surface area contributed by atoms with E-state index in [-0.39, 0.29) is 18.0 Å². The largest absolute Gasteiger partial charge is 0.494 e. The Bertz CT molecular complexity index is 1250. The van der Waals surface area contributed by atoms with E-state index in [0.717, 1.165) is 10.9 Å². The van der Waals surface area contributed by atoms with Gasteiger partial charge in [0.15, 0.2) is 0 Å². The molecule has 10 heteroatoms. The average molecular weight is 532 g/mol. The highest BCUT2D eigenvalue weighted by Crippen LogP contribution is 2.38. The second-order valence-corrected chi connectivity index (χ2v) is 8.59. The van der Waals surface area contributed by atoms with Gasteiger partial charge in [0.2, 0.25) is 5.91 Å². The first kappa shape index (κ1) is 23.1. The maximum Gasteiger partial charge on any atom is 0.303 e. The van der Waals surface area contributed by atoms with Crippen molar-refractivity contribution in [2.75, 3.05) is 6.61 Å². The molecule has 2 aromatic heterocycles. The molecule has 1 atom stereocenters. The third-order valence-corrected chi connectivity index (χ3v) is 5.99. The Morgan fingerprint density at radius 2 is 2.06 bits per heavy atom. The number of aliphatic carboxylic acids is 1. The Morgan fingerprint density at radius 1 is 1.24 bits per heavy atom. The van der Waals surface area contributed by atoms with Crippen LogP contribution in [0.1, 0.15) is 43.4 Å². The predicted octanol–water partition coefficient (Wildman–Crippen LogP) is 4.99. The van der Waals surface area contributed by atoms with E-state index in [2.05, 4.69) is 31.0 Å². The lowest BCUT2D eigenvalue weighted by molar-refractivity contribution is -0.141. The second kappa shape index (κ2) is 9.84. The molecule has 1 amide bonds. The molecule has 1 unspecified atom stereocenters. The number of rotatable bonds is 7. The van der Waals surface area contributed by atoms with Crippen LogP contribution in [0, 0.1) is 0 Å². The summed E-state index contributed by atoms with van der Waals surface area (Å²) in [6.45, 7) is 2.44. The van der Waals surface area contributed by atoms with Crippen molar-refractivity contribution in [3.8, 4) is 5.75 Å². The summed E-state index contributed by atoms with van der Waals surface area (Å²) in [5, 5.41) is 16.0. The van der Waals surface area contributed by atoms with E-state index < -0.39 is 17.9 Å². The Morgan fingerprint density at radius 3 is 2.76 bits per heavy atom. The van der Waals surface area contributed by atoms with Crippen molar-refractivity contribution >= 4 is 56.0 Å². The SMILES string of the molecule is CCOc1ccc2cc(C3CC(c4ccc(Br)nc4)=NN3C(=O)CCC(=O)O)c(Cl)nc2c1. The summed E-state index contributed by atoms with van der Waals surface area (Å²) >= 11 is 9.88. The minimum atomic E-state index is -1.05. The number of hydrazone groups is 1. The third kappa shape index (κ3) is 5.15. The van der Waals surface area contributed by atoms with Crippen molar-refractivity contribution in [2.24, 2.45) is 5.10 Å². The van der Waals surface area contributed by atoms with Crippen LogP contribution in [0.15, 0.2) is 52.3 Å². The van der Waals surface area contributed by atoms with Crippen LogP contribution in [0.3, 0.4) is 0 Å². The number of benzene rings is 1. The Labute approximate surface area is 203 Å². The Hall–Kier alpha value is -3.04. The number of hydrogen-bond donors (Lipinski definition) is 1. The number of carbonyl (C=O) groups excluding carboxylic acids is 1. The fraction of sp³-hybridized carbons (Fsp3) is 0.261. The first-order chi connectivity index (χ1) is 15.9. The highest BCUT2D eigenvalue weighted by Gasteiger charge is 2.35. The van der Waals surface area contributed by atoms with E-state index in [9.17, 15) is 9.59 Å². The summed E-state index contributed by atoms with van der Waals surface area (Å²) in [7, 11) is 0. The number of carboxylic acids is 1. The van der Waals surface area contributed by atoms with Crippen LogP contribution in [0.5, 0.6) is 5.75 Å². The van der Waals surface area contributed by atoms with Gasteiger partial charge in [-0.3, -0.25) is 9.59 Å². The zero-order valence-electron chi connectivity index (χ0n) is 17.7. The predicted molar refractivity (Wildman–Crippen MR) is 127 cm³/mol. The molecule has 0 saturated heterocycles. The van der Waals surface area contributed by atoms with Crippen LogP contribution in [-0.4, -0.2) is 44.3 Å². The number of fused-ring (bicyclic) bond motifs is 1. The number of halogens is 2. The molecule has 3 heterocycles. The van der Waals surface area contributed by atoms with Crippen molar-refractivity contribution in [3.63, 3.8) is 0 Å². The molecule has 1 N–H and O–H groups in total. The minimum absolute atomic E-state index is 0.169. The molecule has 0 aliphatic carbocycles. The van der Waals surface area contributed by atoms with Gasteiger partial charge in [0.25, 0.3) is 0 Å². The maximum atomic E-state index is 12.9. The maximum absolute atomic E-state index is 12.9. The highest BCUT2D eigenvalue weighted by atomic mass is 79.9. The number of pyridine rings is 2. The molecule has 1 aromatic carbocycles. The van der Waals surface area contributed by atoms with Gasteiger partial charge in [-0.25, -0.2) is 15.0 Å². The number of hydrogen-bond acceptors (Lipinski definition) is 6. The molecule has 1 aliphatic heterocycles. The van der Waals surface area contributed by atoms with Crippen LogP contribution < -0.4 is 4.74 Å². The van der Waals surface area contributed by atoms with Gasteiger partial charge in [-0.05, 0) is 53.2 Å². The van der Waals surface area contributed by atoms with E-state index >= 15 is 0 Å². The number of aromatic nitrogens is 2. The van der Waals surface area contributed by atoms with Gasteiger partial charge >= 0.3 is 5.97 Å². The van der Waals surface area contributed by atoms with Crippen molar-refractivity contribution in [1.29, 1.82) is 0 Å². The molecular weight excluding hydrogens is 512 g/mol. The molecule has 8 nitrogen and oxygen atoms in total. The molecule has 0 bridgehead atoms. The van der Waals surface area contributed by atoms with E-state index in [1.807, 2.05) is 37.3 Å². The number of carboxylic acid groups (broad SMARTS) is 1. The van der Waals surface area contributed by atoms with Crippen LogP contribution >= 0.6 is 27.5 Å². The van der Waals surface area contributed by atoms with Crippen LogP contribution in [0.2, 0.25) is 5.15 Å². The lowest BCUT2D eigenvalue weighted by atomic mass is 9.99. The van der Waals surface area contributed by atoms with Crippen molar-refractivity contribution < 1.29 is 19.4 Å². The van der Waals surface area contributed by atoms with Gasteiger partial charge in [-0.2, -0.15) is 5.10 Å². The summed E-state index contributed by atoms with van der Waals surface area (Å²) in [6, 6.07) is 10.6. The second-order valence-electron chi connectivity index (χ2n) is 7.42. The molecule has 0 fully saturated rings. The summed E-state index contributed by atoms with van der Waals surface area (Å²) in [5.41, 5.74) is 2.74. The Kier molecular flexibility index (Phi) is 6.90. The standard InChI is InChI=1S/C23H20BrClN4O4/c1-2-33-15-5-3-13-9-16(23(25)27-17(13)10-15)19-11-18(14-4-6-20(24)26-12-14)28-29(19)21(30)7-8-22(31)32/h3-6,9-10,12,19H,2,7-8,11H2,1H3,(H,31,32). The van der Waals surface area contributed by atoms with E-state index in [1.54, 1.807) is 12.3 Å². The lowest BCUT2D eigenvalue weighted by Gasteiger charge is -2.23. The highest BCUT2D eigenvalue weighted by molar-refractivity contribution is 9.10. The first-order valence-electron chi connectivity index (χ1n) is 10.3. The molecule has 33 heavy (non-hydrogen) atoms. The lowest BCUT2D eigenvalue weighted by Crippen LogP contribution is -2.27. The van der Waals surface area contributed by atoms with Crippen LogP contribution in [0.25, 0.3) is 10.9 Å². The summed E-state index contributed by atoms with van der Waals surface area (Å²) in [4.78, 5) is 32.7. The summed E-state index contributed by atoms with van der Waals surface area (Å²) in [5.74, 6) is -0.748. The number of carbonyl (C=O) groups is 2. The van der Waals surface area contributed by atoms with Gasteiger partial charge in [-0.15, -0.1) is 0 Å². The average Bonchev–Trinajstić information content (AvgIpc) is 3.23. The van der Waals surface area contributed by atoms with Gasteiger partial charge in [0.1, 0.15) is 15.5 Å². The fourth-order valence-corrected chi connectivity index (χ4v) is 4.17. The molecule has 0 spiro atoms. The van der Waals surface area contributed by atoms with Gasteiger partial charge in [0.05, 0.1) is 30.3 Å². The normalized spacial score (nSPS) is 15.5. The monoisotopic (exact) mass is 530 g/mol. The fourth-order valence-electron chi connectivity index (χ4n) is 3.66. The zero-order valence-corrected chi connectivity index (χ0v) is 20.0. The van der Waals surface area contributed by atoms with Crippen LogP contribution in [0.4, 0.5) is 0 Å². The number of nitrogens with zero attached hydrogens (tertiary/aromatic N) is 4. The molecule has 170 valence electrons. The van der Waals surface area contributed by atoms with E-state index in [0.29, 0.717) is 40.2 Å². The minimum Gasteiger partial charge on any atom is -0.494 e. The van der Waals surface area contributed by atoms with Gasteiger partial charge in [-0.1, -0.05) is 11.6 Å². The van der Waals surface area contributed by atoms with Crippen molar-refractivity contribution in [2.45, 2.75) is 32.2 Å². The van der Waals surface area contributed by atoms with Gasteiger partial charge in [0, 0.05) is 41.6 Å². The first-order valence-corrected chi connectivity index (χ1v) is 11.5. The Balaban J connectivity index is 1.71. The van der Waals surface area contributed by atoms with Crippen molar-refractivity contribution in [1.82, 2.24) is 15.0 Å². The van der Waals surface area contributed by atoms with Crippen LogP contribution in [-0.2, 0) is 9.59 Å². The van der Waals surface area contributed by atoms with E-state index in [1.165, 1.54) is 5.01 Å². The summed E-state index contributed by atoms with van der Waals surface area (Å²) in [6.07, 6.45) is 1.61. The summed E-state index contributed by atoms with van der Waals surface area (Å²) < 4.78 is 6.22. The van der Waals surface area contributed by atoms with E-state index in [4.69, 9.17) is 21.4 Å².